The highest BCUT2D eigenvalue weighted by Crippen LogP contribution is 2.23. The molecule has 21 heavy (non-hydrogen) atoms. The second-order valence-corrected chi connectivity index (χ2v) is 5.14. The molecular formula is C12H14N4O4S. The first-order valence-corrected chi connectivity index (χ1v) is 6.86. The van der Waals surface area contributed by atoms with Crippen LogP contribution in [0, 0.1) is 6.92 Å². The molecule has 9 heteroatoms. The number of hydrogen-bond acceptors (Lipinski definition) is 8. The fraction of sp³-hybridized carbons (Fsp3) is 0.250. The number of aryl methyl sites for hydroxylation is 1. The molecule has 0 saturated carbocycles. The number of nitrogens with zero attached hydrogens (tertiary/aromatic N) is 3. The molecule has 1 amide bonds. The number of aromatic nitrogens is 2. The number of hydrogen-bond donors (Lipinski definition) is 3. The molecule has 3 N–H and O–H groups in total. The minimum Gasteiger partial charge on any atom is -0.298 e. The monoisotopic (exact) mass is 310 g/mol. The van der Waals surface area contributed by atoms with Crippen molar-refractivity contribution in [3.8, 4) is 0 Å². The van der Waals surface area contributed by atoms with Gasteiger partial charge < -0.3 is 0 Å². The summed E-state index contributed by atoms with van der Waals surface area (Å²) in [6.07, 6.45) is 3.51. The Morgan fingerprint density at radius 3 is 3.00 bits per heavy atom. The molecule has 0 fully saturated rings. The van der Waals surface area contributed by atoms with Gasteiger partial charge in [0.2, 0.25) is 0 Å². The smallest absolute Gasteiger partial charge is 0.259 e. The topological polar surface area (TPSA) is 108 Å². The largest absolute Gasteiger partial charge is 0.298 e. The molecule has 0 saturated heterocycles. The number of rotatable bonds is 6. The standard InChI is InChI=1S/C12H14N4O4S/c1-8-10(4-6-20-16(18)19)21-12(14-8)15-11(17)9-3-2-5-13-7-9/h2-3,5,7,18-19H,4,6H2,1H3,(H,14,15,17). The van der Waals surface area contributed by atoms with E-state index in [9.17, 15) is 4.79 Å². The van der Waals surface area contributed by atoms with E-state index in [-0.39, 0.29) is 17.9 Å². The number of carbonyl (C=O) groups is 1. The van der Waals surface area contributed by atoms with Crippen molar-refractivity contribution in [2.75, 3.05) is 11.9 Å². The highest BCUT2D eigenvalue weighted by molar-refractivity contribution is 7.15. The van der Waals surface area contributed by atoms with Crippen molar-refractivity contribution in [1.82, 2.24) is 15.4 Å². The van der Waals surface area contributed by atoms with E-state index in [0.29, 0.717) is 17.1 Å². The lowest BCUT2D eigenvalue weighted by Crippen LogP contribution is -2.16. The Balaban J connectivity index is 1.97. The summed E-state index contributed by atoms with van der Waals surface area (Å²) >= 11 is 1.31. The first-order chi connectivity index (χ1) is 10.1. The van der Waals surface area contributed by atoms with Gasteiger partial charge in [0.25, 0.3) is 5.91 Å². The Bertz CT molecular complexity index is 603. The molecule has 2 heterocycles. The molecule has 2 aromatic rings. The van der Waals surface area contributed by atoms with Crippen LogP contribution < -0.4 is 5.32 Å². The molecule has 2 aromatic heterocycles. The van der Waals surface area contributed by atoms with Gasteiger partial charge in [0.05, 0.1) is 23.3 Å². The normalized spacial score (nSPS) is 10.9. The quantitative estimate of drug-likeness (QED) is 0.696. The molecule has 0 aromatic carbocycles. The summed E-state index contributed by atoms with van der Waals surface area (Å²) < 4.78 is 0. The molecule has 0 unspecified atom stereocenters. The predicted octanol–water partition coefficient (Wildman–Crippen LogP) is 1.65. The molecule has 0 radical (unpaired) electrons. The molecule has 112 valence electrons. The summed E-state index contributed by atoms with van der Waals surface area (Å²) in [6.45, 7) is 1.90. The second kappa shape index (κ2) is 7.20. The van der Waals surface area contributed by atoms with E-state index in [4.69, 9.17) is 10.4 Å². The summed E-state index contributed by atoms with van der Waals surface area (Å²) in [5.74, 6) is -0.281. The zero-order valence-corrected chi connectivity index (χ0v) is 12.0. The van der Waals surface area contributed by atoms with Crippen LogP contribution in [0.15, 0.2) is 24.5 Å². The third-order valence-electron chi connectivity index (χ3n) is 2.57. The molecular weight excluding hydrogens is 296 g/mol. The number of thiazole rings is 1. The van der Waals surface area contributed by atoms with Gasteiger partial charge in [-0.15, -0.1) is 11.3 Å². The van der Waals surface area contributed by atoms with Crippen LogP contribution >= 0.6 is 11.3 Å². The Morgan fingerprint density at radius 2 is 2.33 bits per heavy atom. The van der Waals surface area contributed by atoms with Gasteiger partial charge in [-0.05, 0) is 19.1 Å². The van der Waals surface area contributed by atoms with Gasteiger partial charge in [0.1, 0.15) is 0 Å². The first kappa shape index (κ1) is 15.5. The number of carbonyl (C=O) groups excluding carboxylic acids is 1. The minimum absolute atomic E-state index is 0.0893. The summed E-state index contributed by atoms with van der Waals surface area (Å²) in [5.41, 5.74) is 1.21. The van der Waals surface area contributed by atoms with E-state index < -0.39 is 0 Å². The van der Waals surface area contributed by atoms with Crippen LogP contribution in [0.3, 0.4) is 0 Å². The van der Waals surface area contributed by atoms with Crippen molar-refractivity contribution < 1.29 is 20.0 Å². The number of amides is 1. The number of pyridine rings is 1. The molecule has 0 aliphatic carbocycles. The lowest BCUT2D eigenvalue weighted by molar-refractivity contribution is -0.492. The van der Waals surface area contributed by atoms with Gasteiger partial charge in [0.15, 0.2) is 5.13 Å². The average Bonchev–Trinajstić information content (AvgIpc) is 2.79. The van der Waals surface area contributed by atoms with Crippen LogP contribution in [0.1, 0.15) is 20.9 Å². The van der Waals surface area contributed by atoms with Crippen LogP contribution in [0.2, 0.25) is 0 Å². The van der Waals surface area contributed by atoms with E-state index in [1.54, 1.807) is 25.3 Å². The highest BCUT2D eigenvalue weighted by Gasteiger charge is 2.12. The van der Waals surface area contributed by atoms with Gasteiger partial charge in [-0.3, -0.25) is 30.3 Å². The lowest BCUT2D eigenvalue weighted by Gasteiger charge is -2.04. The highest BCUT2D eigenvalue weighted by atomic mass is 32.1. The van der Waals surface area contributed by atoms with Crippen LogP contribution in [-0.2, 0) is 11.3 Å². The third kappa shape index (κ3) is 4.55. The molecule has 0 aliphatic rings. The zero-order valence-electron chi connectivity index (χ0n) is 11.2. The van der Waals surface area contributed by atoms with Crippen LogP contribution in [0.4, 0.5) is 5.13 Å². The van der Waals surface area contributed by atoms with Crippen LogP contribution in [0.25, 0.3) is 0 Å². The molecule has 0 aliphatic heterocycles. The van der Waals surface area contributed by atoms with Gasteiger partial charge in [-0.2, -0.15) is 0 Å². The second-order valence-electron chi connectivity index (χ2n) is 4.06. The minimum atomic E-state index is -0.332. The fourth-order valence-electron chi connectivity index (χ4n) is 1.60. The SMILES string of the molecule is Cc1nc(NC(=O)c2cccnc2)sc1CCON(O)O. The number of nitrogens with one attached hydrogen (secondary N) is 1. The van der Waals surface area contributed by atoms with E-state index in [1.807, 2.05) is 0 Å². The number of anilines is 1. The fourth-order valence-corrected chi connectivity index (χ4v) is 2.54. The summed E-state index contributed by atoms with van der Waals surface area (Å²) in [7, 11) is 0. The average molecular weight is 310 g/mol. The summed E-state index contributed by atoms with van der Waals surface area (Å²) in [5, 5.41) is 19.7. The maximum Gasteiger partial charge on any atom is 0.259 e. The molecule has 2 rings (SSSR count). The Morgan fingerprint density at radius 1 is 1.52 bits per heavy atom. The Labute approximate surface area is 124 Å². The van der Waals surface area contributed by atoms with Crippen molar-refractivity contribution >= 4 is 22.4 Å². The molecule has 0 atom stereocenters. The van der Waals surface area contributed by atoms with Crippen molar-refractivity contribution in [2.45, 2.75) is 13.3 Å². The van der Waals surface area contributed by atoms with Crippen molar-refractivity contribution in [1.29, 1.82) is 0 Å². The van der Waals surface area contributed by atoms with E-state index in [1.165, 1.54) is 17.5 Å². The predicted molar refractivity (Wildman–Crippen MR) is 74.1 cm³/mol. The van der Waals surface area contributed by atoms with Gasteiger partial charge >= 0.3 is 0 Å². The molecule has 8 nitrogen and oxygen atoms in total. The van der Waals surface area contributed by atoms with E-state index in [2.05, 4.69) is 20.1 Å². The zero-order chi connectivity index (χ0) is 15.2. The van der Waals surface area contributed by atoms with Gasteiger partial charge in [0, 0.05) is 23.7 Å². The maximum absolute atomic E-state index is 12.0. The van der Waals surface area contributed by atoms with E-state index in [0.717, 1.165) is 10.6 Å². The van der Waals surface area contributed by atoms with E-state index >= 15 is 0 Å². The molecule has 0 bridgehead atoms. The Hall–Kier alpha value is -1.91. The summed E-state index contributed by atoms with van der Waals surface area (Å²) in [4.78, 5) is 25.5. The Kier molecular flexibility index (Phi) is 5.31. The third-order valence-corrected chi connectivity index (χ3v) is 3.71. The van der Waals surface area contributed by atoms with Gasteiger partial charge in [-0.1, -0.05) is 0 Å². The van der Waals surface area contributed by atoms with Crippen molar-refractivity contribution in [3.05, 3.63) is 40.7 Å². The molecule has 0 spiro atoms. The van der Waals surface area contributed by atoms with Crippen LogP contribution in [0.5, 0.6) is 0 Å². The van der Waals surface area contributed by atoms with Crippen molar-refractivity contribution in [3.63, 3.8) is 0 Å². The van der Waals surface area contributed by atoms with Gasteiger partial charge in [-0.25, -0.2) is 4.98 Å². The lowest BCUT2D eigenvalue weighted by atomic mass is 10.3. The van der Waals surface area contributed by atoms with Crippen molar-refractivity contribution in [2.24, 2.45) is 0 Å². The first-order valence-electron chi connectivity index (χ1n) is 6.04. The summed E-state index contributed by atoms with van der Waals surface area (Å²) in [6, 6.07) is 3.34. The maximum atomic E-state index is 12.0. The van der Waals surface area contributed by atoms with Crippen LogP contribution in [-0.4, -0.2) is 38.3 Å².